The molecule has 2 rings (SSSR count). The van der Waals surface area contributed by atoms with Gasteiger partial charge in [0, 0.05) is 15.4 Å². The summed E-state index contributed by atoms with van der Waals surface area (Å²) >= 11 is 9.92. The quantitative estimate of drug-likeness (QED) is 0.693. The van der Waals surface area contributed by atoms with Gasteiger partial charge >= 0.3 is 0 Å². The summed E-state index contributed by atoms with van der Waals surface area (Å²) in [6.07, 6.45) is 1.06. The Bertz CT molecular complexity index is 401. The van der Waals surface area contributed by atoms with E-state index in [1.807, 2.05) is 12.1 Å². The summed E-state index contributed by atoms with van der Waals surface area (Å²) in [7, 11) is 1.71. The van der Waals surface area contributed by atoms with Gasteiger partial charge in [-0.05, 0) is 29.5 Å². The Morgan fingerprint density at radius 2 is 2.13 bits per heavy atom. The summed E-state index contributed by atoms with van der Waals surface area (Å²) in [4.78, 5) is 0.338. The molecule has 3 heteroatoms. The van der Waals surface area contributed by atoms with Crippen LogP contribution in [0.4, 0.5) is 0 Å². The third-order valence-electron chi connectivity index (χ3n) is 3.05. The fourth-order valence-electron chi connectivity index (χ4n) is 2.40. The summed E-state index contributed by atoms with van der Waals surface area (Å²) in [5.74, 6) is 0.946. The van der Waals surface area contributed by atoms with Crippen LogP contribution in [0, 0.1) is 0 Å². The van der Waals surface area contributed by atoms with Crippen LogP contribution < -0.4 is 4.74 Å². The van der Waals surface area contributed by atoms with Gasteiger partial charge in [-0.3, -0.25) is 0 Å². The molecule has 1 unspecified atom stereocenters. The van der Waals surface area contributed by atoms with E-state index in [0.717, 1.165) is 17.2 Å². The van der Waals surface area contributed by atoms with E-state index in [0.29, 0.717) is 4.83 Å². The smallest absolute Gasteiger partial charge is 0.123 e. The summed E-state index contributed by atoms with van der Waals surface area (Å²) in [5.41, 5.74) is 2.57. The van der Waals surface area contributed by atoms with Crippen LogP contribution in [0.5, 0.6) is 5.75 Å². The molecule has 1 aromatic carbocycles. The number of benzene rings is 1. The van der Waals surface area contributed by atoms with Crippen LogP contribution >= 0.6 is 27.5 Å². The Kier molecular flexibility index (Phi) is 2.76. The highest BCUT2D eigenvalue weighted by atomic mass is 79.9. The van der Waals surface area contributed by atoms with E-state index in [9.17, 15) is 0 Å². The first-order valence-electron chi connectivity index (χ1n) is 4.98. The van der Waals surface area contributed by atoms with E-state index < -0.39 is 0 Å². The molecule has 0 saturated heterocycles. The van der Waals surface area contributed by atoms with Gasteiger partial charge in [-0.1, -0.05) is 41.4 Å². The molecule has 0 heterocycles. The molecule has 1 aliphatic carbocycles. The number of alkyl halides is 1. The summed E-state index contributed by atoms with van der Waals surface area (Å²) < 4.78 is 5.42. The molecule has 0 N–H and O–H groups in total. The van der Waals surface area contributed by atoms with Crippen LogP contribution in [0.2, 0.25) is 5.02 Å². The van der Waals surface area contributed by atoms with Gasteiger partial charge in [-0.25, -0.2) is 0 Å². The monoisotopic (exact) mass is 288 g/mol. The highest BCUT2D eigenvalue weighted by Gasteiger charge is 2.39. The van der Waals surface area contributed by atoms with Gasteiger partial charge in [0.15, 0.2) is 0 Å². The predicted molar refractivity (Wildman–Crippen MR) is 67.3 cm³/mol. The molecule has 1 aliphatic rings. The summed E-state index contributed by atoms with van der Waals surface area (Å²) in [5, 5.41) is 0.832. The van der Waals surface area contributed by atoms with Gasteiger partial charge in [0.05, 0.1) is 7.11 Å². The Labute approximate surface area is 104 Å². The van der Waals surface area contributed by atoms with Crippen LogP contribution in [0.1, 0.15) is 36.2 Å². The van der Waals surface area contributed by atoms with Gasteiger partial charge < -0.3 is 4.74 Å². The fourth-order valence-corrected chi connectivity index (χ4v) is 4.11. The number of fused-ring (bicyclic) bond motifs is 1. The topological polar surface area (TPSA) is 9.23 Å². The normalized spacial score (nSPS) is 22.6. The van der Waals surface area contributed by atoms with Gasteiger partial charge in [0.1, 0.15) is 5.75 Å². The second-order valence-electron chi connectivity index (χ2n) is 4.59. The maximum absolute atomic E-state index is 6.24. The Morgan fingerprint density at radius 3 is 2.73 bits per heavy atom. The van der Waals surface area contributed by atoms with Crippen molar-refractivity contribution in [2.45, 2.75) is 30.5 Å². The lowest BCUT2D eigenvalue weighted by molar-refractivity contribution is 0.395. The SMILES string of the molecule is COc1ccc(Cl)c2c1C(C)(C)CC2Br. The maximum atomic E-state index is 6.24. The van der Waals surface area contributed by atoms with Crippen molar-refractivity contribution >= 4 is 27.5 Å². The molecular formula is C12H14BrClO. The molecule has 0 aliphatic heterocycles. The van der Waals surface area contributed by atoms with E-state index in [1.165, 1.54) is 11.1 Å². The van der Waals surface area contributed by atoms with Crippen molar-refractivity contribution in [2.24, 2.45) is 0 Å². The van der Waals surface area contributed by atoms with Crippen LogP contribution in [0.25, 0.3) is 0 Å². The van der Waals surface area contributed by atoms with E-state index in [4.69, 9.17) is 16.3 Å². The van der Waals surface area contributed by atoms with E-state index in [1.54, 1.807) is 7.11 Å². The Morgan fingerprint density at radius 1 is 1.47 bits per heavy atom. The van der Waals surface area contributed by atoms with Gasteiger partial charge in [0.2, 0.25) is 0 Å². The zero-order chi connectivity index (χ0) is 11.2. The molecule has 0 bridgehead atoms. The minimum Gasteiger partial charge on any atom is -0.496 e. The molecule has 0 radical (unpaired) electrons. The first-order valence-corrected chi connectivity index (χ1v) is 6.27. The Balaban J connectivity index is 2.71. The van der Waals surface area contributed by atoms with Crippen LogP contribution in [0.3, 0.4) is 0 Å². The van der Waals surface area contributed by atoms with Crippen molar-refractivity contribution in [3.05, 3.63) is 28.3 Å². The fraction of sp³-hybridized carbons (Fsp3) is 0.500. The number of hydrogen-bond acceptors (Lipinski definition) is 1. The Hall–Kier alpha value is -0.210. The zero-order valence-corrected chi connectivity index (χ0v) is 11.4. The van der Waals surface area contributed by atoms with Crippen LogP contribution in [-0.4, -0.2) is 7.11 Å². The second kappa shape index (κ2) is 3.67. The number of methoxy groups -OCH3 is 1. The van der Waals surface area contributed by atoms with Crippen LogP contribution in [0.15, 0.2) is 12.1 Å². The summed E-state index contributed by atoms with van der Waals surface area (Å²) in [6.45, 7) is 4.46. The molecule has 0 saturated carbocycles. The lowest BCUT2D eigenvalue weighted by Crippen LogP contribution is -2.13. The first kappa shape index (κ1) is 11.3. The lowest BCUT2D eigenvalue weighted by atomic mass is 9.86. The third-order valence-corrected chi connectivity index (χ3v) is 4.16. The minimum absolute atomic E-state index is 0.125. The van der Waals surface area contributed by atoms with Crippen molar-refractivity contribution in [3.8, 4) is 5.75 Å². The van der Waals surface area contributed by atoms with E-state index >= 15 is 0 Å². The summed E-state index contributed by atoms with van der Waals surface area (Å²) in [6, 6.07) is 3.86. The number of ether oxygens (including phenoxy) is 1. The minimum atomic E-state index is 0.125. The largest absolute Gasteiger partial charge is 0.496 e. The molecule has 0 fully saturated rings. The molecule has 15 heavy (non-hydrogen) atoms. The van der Waals surface area contributed by atoms with Gasteiger partial charge in [-0.2, -0.15) is 0 Å². The van der Waals surface area contributed by atoms with Crippen molar-refractivity contribution in [2.75, 3.05) is 7.11 Å². The van der Waals surface area contributed by atoms with Gasteiger partial charge in [0.25, 0.3) is 0 Å². The van der Waals surface area contributed by atoms with Gasteiger partial charge in [-0.15, -0.1) is 0 Å². The second-order valence-corrected chi connectivity index (χ2v) is 6.11. The molecule has 0 amide bonds. The average molecular weight is 290 g/mol. The standard InChI is InChI=1S/C12H14BrClO/c1-12(2)6-7(13)10-8(14)4-5-9(15-3)11(10)12/h4-5,7H,6H2,1-3H3. The molecular weight excluding hydrogens is 275 g/mol. The lowest BCUT2D eigenvalue weighted by Gasteiger charge is -2.21. The van der Waals surface area contributed by atoms with E-state index in [-0.39, 0.29) is 5.41 Å². The number of hydrogen-bond donors (Lipinski definition) is 0. The predicted octanol–water partition coefficient (Wildman–Crippen LogP) is 4.47. The molecule has 1 aromatic rings. The first-order chi connectivity index (χ1) is 6.97. The molecule has 0 aromatic heterocycles. The third kappa shape index (κ3) is 1.68. The maximum Gasteiger partial charge on any atom is 0.123 e. The average Bonchev–Trinajstić information content (AvgIpc) is 2.39. The molecule has 1 nitrogen and oxygen atoms in total. The highest BCUT2D eigenvalue weighted by Crippen LogP contribution is 2.54. The number of rotatable bonds is 1. The molecule has 1 atom stereocenters. The van der Waals surface area contributed by atoms with Crippen molar-refractivity contribution in [1.82, 2.24) is 0 Å². The van der Waals surface area contributed by atoms with Crippen molar-refractivity contribution in [3.63, 3.8) is 0 Å². The van der Waals surface area contributed by atoms with E-state index in [2.05, 4.69) is 29.8 Å². The highest BCUT2D eigenvalue weighted by molar-refractivity contribution is 9.09. The number of halogens is 2. The van der Waals surface area contributed by atoms with Crippen LogP contribution in [-0.2, 0) is 5.41 Å². The molecule has 0 spiro atoms. The zero-order valence-electron chi connectivity index (χ0n) is 9.10. The van der Waals surface area contributed by atoms with Crippen molar-refractivity contribution < 1.29 is 4.74 Å². The van der Waals surface area contributed by atoms with Crippen molar-refractivity contribution in [1.29, 1.82) is 0 Å². The molecule has 82 valence electrons.